The zero-order chi connectivity index (χ0) is 28.3. The van der Waals surface area contributed by atoms with Gasteiger partial charge in [-0.05, 0) is 59.4 Å². The zero-order valence-electron chi connectivity index (χ0n) is 22.9. The van der Waals surface area contributed by atoms with Crippen molar-refractivity contribution >= 4 is 45.6 Å². The van der Waals surface area contributed by atoms with Crippen LogP contribution in [0.1, 0.15) is 60.1 Å². The number of fused-ring (bicyclic) bond motifs is 1. The number of hydrogen-bond acceptors (Lipinski definition) is 6. The number of amides is 1. The van der Waals surface area contributed by atoms with Crippen LogP contribution in [0.3, 0.4) is 0 Å². The molecule has 0 spiro atoms. The van der Waals surface area contributed by atoms with Crippen LogP contribution < -0.4 is 5.32 Å². The maximum Gasteiger partial charge on any atom is 0.235 e. The van der Waals surface area contributed by atoms with Crippen LogP contribution in [-0.2, 0) is 30.6 Å². The summed E-state index contributed by atoms with van der Waals surface area (Å²) in [5, 5.41) is 23.9. The van der Waals surface area contributed by atoms with Crippen LogP contribution in [0.15, 0.2) is 59.8 Å². The predicted octanol–water partition coefficient (Wildman–Crippen LogP) is 7.39. The van der Waals surface area contributed by atoms with Crippen LogP contribution in [0.5, 0.6) is 0 Å². The van der Waals surface area contributed by atoms with Crippen molar-refractivity contribution in [2.75, 3.05) is 11.1 Å². The highest BCUT2D eigenvalue weighted by atomic mass is 35.5. The summed E-state index contributed by atoms with van der Waals surface area (Å²) in [6.45, 7) is 7.40. The molecule has 0 radical (unpaired) electrons. The van der Waals surface area contributed by atoms with E-state index < -0.39 is 0 Å². The molecule has 6 nitrogen and oxygen atoms in total. The van der Waals surface area contributed by atoms with Crippen LogP contribution in [0.4, 0.5) is 5.00 Å². The van der Waals surface area contributed by atoms with Gasteiger partial charge in [0.25, 0.3) is 0 Å². The molecule has 1 amide bonds. The van der Waals surface area contributed by atoms with Crippen molar-refractivity contribution in [2.45, 2.75) is 58.2 Å². The van der Waals surface area contributed by atoms with E-state index in [1.165, 1.54) is 16.6 Å². The van der Waals surface area contributed by atoms with Gasteiger partial charge in [-0.1, -0.05) is 86.6 Å². The number of carbonyl (C=O) groups excluding carboxylic acids is 1. The zero-order valence-corrected chi connectivity index (χ0v) is 25.3. The normalized spacial score (nSPS) is 14.9. The van der Waals surface area contributed by atoms with E-state index in [1.54, 1.807) is 11.3 Å². The minimum Gasteiger partial charge on any atom is -0.316 e. The fourth-order valence-electron chi connectivity index (χ4n) is 5.09. The monoisotopic (exact) mass is 589 g/mol. The van der Waals surface area contributed by atoms with Gasteiger partial charge in [0.05, 0.1) is 17.9 Å². The van der Waals surface area contributed by atoms with E-state index in [0.29, 0.717) is 39.6 Å². The number of benzene rings is 2. The van der Waals surface area contributed by atoms with Gasteiger partial charge in [0.2, 0.25) is 5.91 Å². The Hall–Kier alpha value is -3.12. The van der Waals surface area contributed by atoms with E-state index in [0.717, 1.165) is 41.8 Å². The van der Waals surface area contributed by atoms with E-state index in [4.69, 9.17) is 11.6 Å². The smallest absolute Gasteiger partial charge is 0.235 e. The average Bonchev–Trinajstić information content (AvgIpc) is 3.48. The highest BCUT2D eigenvalue weighted by molar-refractivity contribution is 7.99. The highest BCUT2D eigenvalue weighted by Gasteiger charge is 2.32. The first-order valence-electron chi connectivity index (χ1n) is 13.4. The van der Waals surface area contributed by atoms with Gasteiger partial charge in [-0.3, -0.25) is 4.79 Å². The van der Waals surface area contributed by atoms with Crippen LogP contribution in [-0.4, -0.2) is 26.4 Å². The molecular weight excluding hydrogens is 558 g/mol. The number of nitriles is 1. The van der Waals surface area contributed by atoms with Crippen LogP contribution >= 0.6 is 34.7 Å². The Morgan fingerprint density at radius 3 is 2.60 bits per heavy atom. The fraction of sp³-hybridized carbons (Fsp3) is 0.355. The maximum absolute atomic E-state index is 13.1. The van der Waals surface area contributed by atoms with E-state index >= 15 is 0 Å². The Bertz CT molecular complexity index is 1530. The summed E-state index contributed by atoms with van der Waals surface area (Å²) in [7, 11) is 0. The number of hydrogen-bond donors (Lipinski definition) is 1. The summed E-state index contributed by atoms with van der Waals surface area (Å²) < 4.78 is 2.06. The van der Waals surface area contributed by atoms with Gasteiger partial charge in [-0.2, -0.15) is 5.26 Å². The molecule has 1 atom stereocenters. The van der Waals surface area contributed by atoms with Crippen LogP contribution in [0, 0.1) is 22.7 Å². The van der Waals surface area contributed by atoms with Gasteiger partial charge >= 0.3 is 0 Å². The lowest BCUT2D eigenvalue weighted by Gasteiger charge is -2.33. The maximum atomic E-state index is 13.1. The summed E-state index contributed by atoms with van der Waals surface area (Å²) in [4.78, 5) is 14.3. The Balaban J connectivity index is 1.31. The van der Waals surface area contributed by atoms with Crippen molar-refractivity contribution in [1.82, 2.24) is 14.8 Å². The van der Waals surface area contributed by atoms with Gasteiger partial charge in [-0.25, -0.2) is 0 Å². The van der Waals surface area contributed by atoms with Crippen molar-refractivity contribution < 1.29 is 4.79 Å². The Labute approximate surface area is 248 Å². The third kappa shape index (κ3) is 6.60. The topological polar surface area (TPSA) is 83.6 Å². The molecule has 0 bridgehead atoms. The predicted molar refractivity (Wildman–Crippen MR) is 163 cm³/mol. The molecule has 0 aliphatic heterocycles. The Morgan fingerprint density at radius 1 is 1.15 bits per heavy atom. The number of halogens is 1. The number of aromatic nitrogens is 3. The number of nitrogens with one attached hydrogen (secondary N) is 1. The van der Waals surface area contributed by atoms with Crippen molar-refractivity contribution in [3.63, 3.8) is 0 Å². The molecule has 2 heterocycles. The summed E-state index contributed by atoms with van der Waals surface area (Å²) in [6.07, 6.45) is 3.55. The lowest BCUT2D eigenvalue weighted by atomic mass is 9.72. The lowest BCUT2D eigenvalue weighted by molar-refractivity contribution is -0.113. The van der Waals surface area contributed by atoms with Gasteiger partial charge in [-0.15, -0.1) is 21.5 Å². The SMILES string of the molecule is CC(C)(C)[C@@H]1CCc2c(sc(NC(=O)CSc3nnc(Cc4ccccc4)n3Cc3ccc(Cl)cc3)c2C#N)C1. The standard InChI is InChI=1S/C31H32ClN5OS2/c1-31(2,3)22-11-14-24-25(17-33)29(40-26(24)16-22)34-28(38)19-39-30-36-35-27(15-20-7-5-4-6-8-20)37(30)18-21-9-12-23(32)13-10-21/h4-10,12-13,22H,11,14-16,18-19H2,1-3H3,(H,34,38)/t22-/m1/s1. The van der Waals surface area contributed by atoms with Crippen molar-refractivity contribution in [3.8, 4) is 6.07 Å². The number of anilines is 1. The molecule has 2 aromatic heterocycles. The van der Waals surface area contributed by atoms with E-state index in [1.807, 2.05) is 42.5 Å². The largest absolute Gasteiger partial charge is 0.316 e. The molecule has 0 saturated carbocycles. The summed E-state index contributed by atoms with van der Waals surface area (Å²) in [5.41, 5.74) is 4.17. The van der Waals surface area contributed by atoms with Gasteiger partial charge in [0.15, 0.2) is 5.16 Å². The highest BCUT2D eigenvalue weighted by Crippen LogP contribution is 2.44. The first-order chi connectivity index (χ1) is 19.2. The van der Waals surface area contributed by atoms with Gasteiger partial charge in [0.1, 0.15) is 16.9 Å². The quantitative estimate of drug-likeness (QED) is 0.217. The van der Waals surface area contributed by atoms with Gasteiger partial charge in [0, 0.05) is 16.3 Å². The van der Waals surface area contributed by atoms with Crippen molar-refractivity contribution in [3.05, 3.63) is 92.6 Å². The molecule has 206 valence electrons. The summed E-state index contributed by atoms with van der Waals surface area (Å²) in [6, 6.07) is 20.2. The molecule has 4 aromatic rings. The first-order valence-corrected chi connectivity index (χ1v) is 15.6. The van der Waals surface area contributed by atoms with Crippen LogP contribution in [0.2, 0.25) is 5.02 Å². The molecule has 1 aliphatic carbocycles. The molecular formula is C31H32ClN5OS2. The third-order valence-electron chi connectivity index (χ3n) is 7.44. The minimum atomic E-state index is -0.155. The van der Waals surface area contributed by atoms with Crippen molar-refractivity contribution in [2.24, 2.45) is 11.3 Å². The average molecular weight is 590 g/mol. The number of nitrogens with zero attached hydrogens (tertiary/aromatic N) is 4. The number of rotatable bonds is 8. The second-order valence-electron chi connectivity index (χ2n) is 11.2. The molecule has 0 fully saturated rings. The van der Waals surface area contributed by atoms with Crippen LogP contribution in [0.25, 0.3) is 0 Å². The first kappa shape index (κ1) is 28.4. The molecule has 0 saturated heterocycles. The summed E-state index contributed by atoms with van der Waals surface area (Å²) >= 11 is 9.01. The van der Waals surface area contributed by atoms with E-state index in [9.17, 15) is 10.1 Å². The van der Waals surface area contributed by atoms with Gasteiger partial charge < -0.3 is 9.88 Å². The molecule has 2 aromatic carbocycles. The Kier molecular flexibility index (Phi) is 8.65. The van der Waals surface area contributed by atoms with E-state index in [-0.39, 0.29) is 17.1 Å². The number of carbonyl (C=O) groups is 1. The number of thiophene rings is 1. The molecule has 1 aliphatic rings. The molecule has 40 heavy (non-hydrogen) atoms. The third-order valence-corrected chi connectivity index (χ3v) is 9.83. The van der Waals surface area contributed by atoms with E-state index in [2.05, 4.69) is 59.1 Å². The second kappa shape index (κ2) is 12.2. The number of thioether (sulfide) groups is 1. The molecule has 5 rings (SSSR count). The minimum absolute atomic E-state index is 0.155. The molecule has 9 heteroatoms. The fourth-order valence-corrected chi connectivity index (χ4v) is 7.27. The lowest BCUT2D eigenvalue weighted by Crippen LogP contribution is -2.26. The van der Waals surface area contributed by atoms with Crippen molar-refractivity contribution in [1.29, 1.82) is 5.26 Å². The summed E-state index contributed by atoms with van der Waals surface area (Å²) in [5.74, 6) is 1.41. The molecule has 0 unspecified atom stereocenters. The molecule has 1 N–H and O–H groups in total. The second-order valence-corrected chi connectivity index (χ2v) is 13.7. The Morgan fingerprint density at radius 2 is 1.90 bits per heavy atom.